The minimum Gasteiger partial charge on any atom is -0.480 e. The van der Waals surface area contributed by atoms with E-state index in [0.717, 1.165) is 36.4 Å². The highest BCUT2D eigenvalue weighted by Gasteiger charge is 2.33. The van der Waals surface area contributed by atoms with E-state index in [2.05, 4.69) is 36.7 Å². The summed E-state index contributed by atoms with van der Waals surface area (Å²) in [6.07, 6.45) is 6.18. The summed E-state index contributed by atoms with van der Waals surface area (Å²) in [7, 11) is 1.67. The summed E-state index contributed by atoms with van der Waals surface area (Å²) in [5.74, 6) is -0.200. The highest BCUT2D eigenvalue weighted by molar-refractivity contribution is 5.92. The Bertz CT molecular complexity index is 825. The van der Waals surface area contributed by atoms with Gasteiger partial charge in [0.05, 0.1) is 6.54 Å². The number of urea groups is 1. The second kappa shape index (κ2) is 20.9. The van der Waals surface area contributed by atoms with Gasteiger partial charge in [-0.15, -0.1) is 0 Å². The van der Waals surface area contributed by atoms with Crippen molar-refractivity contribution in [2.75, 3.05) is 25.5 Å². The Morgan fingerprint density at radius 2 is 1.74 bits per heavy atom. The molecule has 216 valence electrons. The predicted octanol–water partition coefficient (Wildman–Crippen LogP) is 4.39. The van der Waals surface area contributed by atoms with Gasteiger partial charge in [-0.05, 0) is 63.1 Å². The van der Waals surface area contributed by atoms with Crippen molar-refractivity contribution in [3.8, 4) is 0 Å². The number of amides is 3. The number of likely N-dealkylation sites (N-methyl/N-ethyl adjacent to an activating group) is 1. The summed E-state index contributed by atoms with van der Waals surface area (Å²) < 4.78 is 4.72. The van der Waals surface area contributed by atoms with Gasteiger partial charge in [-0.2, -0.15) is 0 Å². The molecule has 0 radical (unpaired) electrons. The SMILES string of the molecule is CC.CC(C)C.CNCC(=O)N1CCCC1C(=O)O.O=C1NCc2ccccc2N1.O=COC1CCCC1. The molecule has 38 heavy (non-hydrogen) atoms. The highest BCUT2D eigenvalue weighted by atomic mass is 16.5. The molecule has 2 heterocycles. The van der Waals surface area contributed by atoms with Crippen LogP contribution in [0, 0.1) is 5.92 Å². The van der Waals surface area contributed by atoms with Crippen molar-refractivity contribution in [1.82, 2.24) is 15.5 Å². The van der Waals surface area contributed by atoms with Crippen LogP contribution in [0.3, 0.4) is 0 Å². The van der Waals surface area contributed by atoms with Crippen LogP contribution in [0.1, 0.15) is 78.7 Å². The van der Waals surface area contributed by atoms with E-state index in [4.69, 9.17) is 9.84 Å². The molecule has 10 heteroatoms. The number of hydrogen-bond donors (Lipinski definition) is 4. The number of carboxylic acid groups (broad SMARTS) is 1. The van der Waals surface area contributed by atoms with Gasteiger partial charge < -0.3 is 30.7 Å². The molecule has 3 aliphatic rings. The number of benzene rings is 1. The Labute approximate surface area is 227 Å². The maximum absolute atomic E-state index is 11.4. The molecule has 0 bridgehead atoms. The normalized spacial score (nSPS) is 17.3. The van der Waals surface area contributed by atoms with Crippen LogP contribution in [0.2, 0.25) is 0 Å². The quantitative estimate of drug-likeness (QED) is 0.410. The number of ether oxygens (including phenoxy) is 1. The first-order valence-corrected chi connectivity index (χ1v) is 13.6. The van der Waals surface area contributed by atoms with Crippen molar-refractivity contribution in [2.24, 2.45) is 5.92 Å². The third-order valence-corrected chi connectivity index (χ3v) is 5.44. The number of aliphatic carboxylic acids is 1. The van der Waals surface area contributed by atoms with Crippen LogP contribution in [0.15, 0.2) is 24.3 Å². The van der Waals surface area contributed by atoms with Gasteiger partial charge in [0.1, 0.15) is 12.1 Å². The second-order valence-corrected chi connectivity index (χ2v) is 9.45. The molecule has 1 aliphatic carbocycles. The van der Waals surface area contributed by atoms with Crippen LogP contribution < -0.4 is 16.0 Å². The molecule has 1 unspecified atom stereocenters. The number of nitrogens with one attached hydrogen (secondary N) is 3. The molecule has 0 spiro atoms. The van der Waals surface area contributed by atoms with Crippen molar-refractivity contribution in [3.05, 3.63) is 29.8 Å². The van der Waals surface area contributed by atoms with Crippen LogP contribution in [-0.2, 0) is 25.7 Å². The topological polar surface area (TPSA) is 137 Å². The Balaban J connectivity index is 0.000000498. The van der Waals surface area contributed by atoms with Crippen LogP contribution >= 0.6 is 0 Å². The van der Waals surface area contributed by atoms with Gasteiger partial charge in [0.2, 0.25) is 5.91 Å². The largest absolute Gasteiger partial charge is 0.480 e. The lowest BCUT2D eigenvalue weighted by Crippen LogP contribution is -2.43. The molecule has 1 aromatic carbocycles. The van der Waals surface area contributed by atoms with Crippen LogP contribution in [0.5, 0.6) is 0 Å². The number of likely N-dealkylation sites (tertiary alicyclic amines) is 1. The lowest BCUT2D eigenvalue weighted by atomic mass is 10.1. The summed E-state index contributed by atoms with van der Waals surface area (Å²) in [5, 5.41) is 16.9. The summed E-state index contributed by atoms with van der Waals surface area (Å²) in [6, 6.07) is 7.02. The van der Waals surface area contributed by atoms with Gasteiger partial charge in [-0.25, -0.2) is 9.59 Å². The van der Waals surface area contributed by atoms with Gasteiger partial charge in [0, 0.05) is 18.8 Å². The van der Waals surface area contributed by atoms with E-state index in [1.54, 1.807) is 7.05 Å². The third kappa shape index (κ3) is 14.6. The molecule has 4 N–H and O–H groups in total. The first-order valence-electron chi connectivity index (χ1n) is 13.6. The maximum Gasteiger partial charge on any atom is 0.326 e. The van der Waals surface area contributed by atoms with E-state index in [-0.39, 0.29) is 24.6 Å². The van der Waals surface area contributed by atoms with Crippen molar-refractivity contribution >= 4 is 30.1 Å². The first-order chi connectivity index (χ1) is 18.2. The van der Waals surface area contributed by atoms with E-state index in [0.29, 0.717) is 26.0 Å². The highest BCUT2D eigenvalue weighted by Crippen LogP contribution is 2.20. The fourth-order valence-electron chi connectivity index (χ4n) is 3.82. The Morgan fingerprint density at radius 3 is 2.29 bits per heavy atom. The molecule has 1 atom stereocenters. The summed E-state index contributed by atoms with van der Waals surface area (Å²) in [5.41, 5.74) is 2.04. The number of carboxylic acids is 1. The zero-order valence-electron chi connectivity index (χ0n) is 23.9. The van der Waals surface area contributed by atoms with E-state index >= 15 is 0 Å². The summed E-state index contributed by atoms with van der Waals surface area (Å²) >= 11 is 0. The number of hydrogen-bond acceptors (Lipinski definition) is 6. The van der Waals surface area contributed by atoms with Gasteiger partial charge in [0.25, 0.3) is 6.47 Å². The molecular weight excluding hydrogens is 488 g/mol. The Kier molecular flexibility index (Phi) is 19.1. The van der Waals surface area contributed by atoms with E-state index < -0.39 is 12.0 Å². The van der Waals surface area contributed by atoms with Gasteiger partial charge >= 0.3 is 12.0 Å². The molecule has 10 nitrogen and oxygen atoms in total. The second-order valence-electron chi connectivity index (χ2n) is 9.45. The van der Waals surface area contributed by atoms with E-state index in [1.807, 2.05) is 38.1 Å². The fourth-order valence-corrected chi connectivity index (χ4v) is 3.82. The molecular formula is C28H48N4O6. The van der Waals surface area contributed by atoms with Crippen molar-refractivity contribution in [1.29, 1.82) is 0 Å². The van der Waals surface area contributed by atoms with Crippen molar-refractivity contribution < 1.29 is 29.0 Å². The molecule has 1 saturated heterocycles. The molecule has 2 aliphatic heterocycles. The zero-order chi connectivity index (χ0) is 28.9. The minimum atomic E-state index is -0.901. The molecule has 2 fully saturated rings. The predicted molar refractivity (Wildman–Crippen MR) is 150 cm³/mol. The van der Waals surface area contributed by atoms with Crippen molar-refractivity contribution in [3.63, 3.8) is 0 Å². The smallest absolute Gasteiger partial charge is 0.326 e. The monoisotopic (exact) mass is 536 g/mol. The number of nitrogens with zero attached hydrogens (tertiary/aromatic N) is 1. The minimum absolute atomic E-state index is 0.122. The molecule has 3 amide bonds. The number of carbonyl (C=O) groups excluding carboxylic acids is 3. The number of rotatable bonds is 5. The first kappa shape index (κ1) is 34.9. The molecule has 1 saturated carbocycles. The molecule has 1 aromatic rings. The number of para-hydroxylation sites is 1. The zero-order valence-corrected chi connectivity index (χ0v) is 23.9. The molecule has 4 rings (SSSR count). The van der Waals surface area contributed by atoms with Crippen LogP contribution in [0.25, 0.3) is 0 Å². The van der Waals surface area contributed by atoms with Crippen LogP contribution in [0.4, 0.5) is 10.5 Å². The third-order valence-electron chi connectivity index (χ3n) is 5.44. The summed E-state index contributed by atoms with van der Waals surface area (Å²) in [4.78, 5) is 44.0. The Morgan fingerprint density at radius 1 is 1.13 bits per heavy atom. The van der Waals surface area contributed by atoms with Gasteiger partial charge in [-0.1, -0.05) is 52.8 Å². The van der Waals surface area contributed by atoms with E-state index in [1.165, 1.54) is 17.7 Å². The fraction of sp³-hybridized carbons (Fsp3) is 0.643. The Hall–Kier alpha value is -3.14. The van der Waals surface area contributed by atoms with Crippen molar-refractivity contribution in [2.45, 2.75) is 91.8 Å². The van der Waals surface area contributed by atoms with Crippen LogP contribution in [-0.4, -0.2) is 66.7 Å². The van der Waals surface area contributed by atoms with E-state index in [9.17, 15) is 19.2 Å². The maximum atomic E-state index is 11.4. The average Bonchev–Trinajstić information content (AvgIpc) is 3.59. The van der Waals surface area contributed by atoms with Gasteiger partial charge in [-0.3, -0.25) is 9.59 Å². The lowest BCUT2D eigenvalue weighted by molar-refractivity contribution is -0.147. The van der Waals surface area contributed by atoms with Gasteiger partial charge in [0.15, 0.2) is 0 Å². The standard InChI is InChI=1S/C8H14N2O3.C8H8N2O.C6H10O2.C4H10.C2H6/c1-9-5-7(11)10-4-2-3-6(10)8(12)13;11-8-9-5-6-3-1-2-4-7(6)10-8;7-5-8-6-3-1-2-4-6;1-4(2)3;1-2/h6,9H,2-5H2,1H3,(H,12,13);1-4H,5H2,(H2,9,10,11);5-6H,1-4H2;4H,1-3H3;1-2H3. The lowest BCUT2D eigenvalue weighted by Gasteiger charge is -2.20. The average molecular weight is 537 g/mol. The molecule has 0 aromatic heterocycles. The number of carbonyl (C=O) groups is 4. The summed E-state index contributed by atoms with van der Waals surface area (Å²) in [6.45, 7) is 12.5. The number of fused-ring (bicyclic) bond motifs is 1. The number of anilines is 1.